The molecule has 0 aliphatic carbocycles. The maximum absolute atomic E-state index is 12.4. The Morgan fingerprint density at radius 2 is 1.80 bits per heavy atom. The van der Waals surface area contributed by atoms with Crippen LogP contribution in [0.5, 0.6) is 0 Å². The number of aromatic nitrogens is 2. The van der Waals surface area contributed by atoms with Crippen molar-refractivity contribution in [3.8, 4) is 0 Å². The summed E-state index contributed by atoms with van der Waals surface area (Å²) in [6.45, 7) is 5.54. The number of carbonyl (C=O) groups is 2. The van der Waals surface area contributed by atoms with Gasteiger partial charge in [-0.3, -0.25) is 9.59 Å². The monoisotopic (exact) mass is 426 g/mol. The fraction of sp³-hybridized carbons (Fsp3) is 0.348. The van der Waals surface area contributed by atoms with E-state index in [1.54, 1.807) is 24.3 Å². The Labute approximate surface area is 181 Å². The summed E-state index contributed by atoms with van der Waals surface area (Å²) in [5, 5.41) is 6.48. The third kappa shape index (κ3) is 5.83. The lowest BCUT2D eigenvalue weighted by Gasteiger charge is -2.11. The van der Waals surface area contributed by atoms with E-state index < -0.39 is 0 Å². The Hall–Kier alpha value is -2.86. The van der Waals surface area contributed by atoms with Gasteiger partial charge in [-0.05, 0) is 48.7 Å². The highest BCUT2D eigenvalue weighted by atomic mass is 35.5. The molecule has 0 aliphatic rings. The average Bonchev–Trinajstić information content (AvgIpc) is 3.07. The van der Waals surface area contributed by atoms with Gasteiger partial charge in [0.1, 0.15) is 12.4 Å². The molecule has 0 radical (unpaired) electrons. The predicted octanol–water partition coefficient (Wildman–Crippen LogP) is 3.82. The van der Waals surface area contributed by atoms with Crippen LogP contribution < -0.4 is 10.6 Å². The molecule has 0 fully saturated rings. The summed E-state index contributed by atoms with van der Waals surface area (Å²) < 4.78 is 1.96. The zero-order valence-electron chi connectivity index (χ0n) is 17.3. The molecule has 3 rings (SSSR count). The highest BCUT2D eigenvalue weighted by Gasteiger charge is 2.14. The summed E-state index contributed by atoms with van der Waals surface area (Å²) in [5.74, 6) is 1.09. The molecule has 7 heteroatoms. The van der Waals surface area contributed by atoms with Crippen LogP contribution in [0.25, 0.3) is 11.0 Å². The van der Waals surface area contributed by atoms with Gasteiger partial charge in [-0.1, -0.05) is 37.6 Å². The van der Waals surface area contributed by atoms with Gasteiger partial charge in [0.05, 0.1) is 11.0 Å². The second-order valence-corrected chi connectivity index (χ2v) is 8.10. The number of carbonyl (C=O) groups excluding carboxylic acids is 2. The Morgan fingerprint density at radius 1 is 1.07 bits per heavy atom. The third-order valence-corrected chi connectivity index (χ3v) is 4.96. The maximum atomic E-state index is 12.4. The number of aryl methyl sites for hydroxylation is 1. The van der Waals surface area contributed by atoms with E-state index in [1.807, 2.05) is 28.8 Å². The molecule has 0 aliphatic heterocycles. The molecule has 2 aromatic carbocycles. The van der Waals surface area contributed by atoms with Crippen LogP contribution in [0.2, 0.25) is 5.02 Å². The number of hydrogen-bond donors (Lipinski definition) is 2. The van der Waals surface area contributed by atoms with Crippen molar-refractivity contribution in [1.29, 1.82) is 0 Å². The molecule has 0 bridgehead atoms. The third-order valence-electron chi connectivity index (χ3n) is 4.71. The number of fused-ring (bicyclic) bond motifs is 1. The number of para-hydroxylation sites is 2. The van der Waals surface area contributed by atoms with Crippen molar-refractivity contribution in [3.05, 3.63) is 64.9 Å². The van der Waals surface area contributed by atoms with E-state index in [1.165, 1.54) is 0 Å². The molecule has 0 atom stereocenters. The van der Waals surface area contributed by atoms with E-state index in [-0.39, 0.29) is 18.4 Å². The van der Waals surface area contributed by atoms with Gasteiger partial charge in [0, 0.05) is 30.1 Å². The first-order valence-corrected chi connectivity index (χ1v) is 10.6. The molecule has 30 heavy (non-hydrogen) atoms. The topological polar surface area (TPSA) is 76.0 Å². The highest BCUT2D eigenvalue weighted by Crippen LogP contribution is 2.17. The molecular formula is C23H27ClN4O2. The maximum Gasteiger partial charge on any atom is 0.251 e. The van der Waals surface area contributed by atoms with Crippen LogP contribution in [-0.4, -0.2) is 34.5 Å². The summed E-state index contributed by atoms with van der Waals surface area (Å²) in [7, 11) is 0. The second-order valence-electron chi connectivity index (χ2n) is 7.67. The first-order chi connectivity index (χ1) is 14.4. The van der Waals surface area contributed by atoms with Gasteiger partial charge >= 0.3 is 0 Å². The van der Waals surface area contributed by atoms with Gasteiger partial charge in [-0.15, -0.1) is 0 Å². The molecule has 0 spiro atoms. The van der Waals surface area contributed by atoms with Crippen molar-refractivity contribution in [1.82, 2.24) is 20.2 Å². The summed E-state index contributed by atoms with van der Waals surface area (Å²) in [6.07, 6.45) is 1.38. The Kier molecular flexibility index (Phi) is 7.46. The van der Waals surface area contributed by atoms with E-state index in [2.05, 4.69) is 24.5 Å². The zero-order valence-corrected chi connectivity index (χ0v) is 18.1. The van der Waals surface area contributed by atoms with Gasteiger partial charge in [-0.25, -0.2) is 4.98 Å². The molecule has 0 unspecified atom stereocenters. The quantitative estimate of drug-likeness (QED) is 0.510. The normalized spacial score (nSPS) is 11.1. The first-order valence-electron chi connectivity index (χ1n) is 10.2. The number of amides is 2. The Balaban J connectivity index is 1.61. The lowest BCUT2D eigenvalue weighted by atomic mass is 10.2. The van der Waals surface area contributed by atoms with Gasteiger partial charge in [-0.2, -0.15) is 0 Å². The fourth-order valence-electron chi connectivity index (χ4n) is 3.16. The largest absolute Gasteiger partial charge is 0.354 e. The average molecular weight is 427 g/mol. The molecule has 1 heterocycles. The standard InChI is InChI=1S/C23H27ClN4O2/c1-16(2)14-26-22(29)15-28-20-7-4-3-6-19(20)27-21(28)8-5-13-25-23(30)17-9-11-18(24)12-10-17/h3-4,6-7,9-12,16H,5,8,13-15H2,1-2H3,(H,25,30)(H,26,29). The van der Waals surface area contributed by atoms with Gasteiger partial charge in [0.15, 0.2) is 0 Å². The molecule has 2 amide bonds. The summed E-state index contributed by atoms with van der Waals surface area (Å²) in [6, 6.07) is 14.6. The summed E-state index contributed by atoms with van der Waals surface area (Å²) in [4.78, 5) is 29.3. The van der Waals surface area contributed by atoms with Crippen LogP contribution in [0.15, 0.2) is 48.5 Å². The molecule has 2 N–H and O–H groups in total. The van der Waals surface area contributed by atoms with Crippen LogP contribution in [0.4, 0.5) is 0 Å². The van der Waals surface area contributed by atoms with Gasteiger partial charge in [0.25, 0.3) is 5.91 Å². The lowest BCUT2D eigenvalue weighted by molar-refractivity contribution is -0.121. The van der Waals surface area contributed by atoms with Gasteiger partial charge < -0.3 is 15.2 Å². The SMILES string of the molecule is CC(C)CNC(=O)Cn1c(CCCNC(=O)c2ccc(Cl)cc2)nc2ccccc21. The van der Waals surface area contributed by atoms with Crippen molar-refractivity contribution < 1.29 is 9.59 Å². The van der Waals surface area contributed by atoms with Crippen molar-refractivity contribution in [2.75, 3.05) is 13.1 Å². The van der Waals surface area contributed by atoms with Crippen LogP contribution in [0.3, 0.4) is 0 Å². The van der Waals surface area contributed by atoms with Crippen molar-refractivity contribution in [2.45, 2.75) is 33.2 Å². The molecular weight excluding hydrogens is 400 g/mol. The van der Waals surface area contributed by atoms with Crippen LogP contribution in [-0.2, 0) is 17.8 Å². The van der Waals surface area contributed by atoms with Crippen LogP contribution >= 0.6 is 11.6 Å². The molecule has 0 saturated carbocycles. The molecule has 0 saturated heterocycles. The lowest BCUT2D eigenvalue weighted by Crippen LogP contribution is -2.31. The fourth-order valence-corrected chi connectivity index (χ4v) is 3.29. The van der Waals surface area contributed by atoms with Gasteiger partial charge in [0.2, 0.25) is 5.91 Å². The predicted molar refractivity (Wildman–Crippen MR) is 120 cm³/mol. The molecule has 158 valence electrons. The van der Waals surface area contributed by atoms with E-state index >= 15 is 0 Å². The number of halogens is 1. The molecule has 1 aromatic heterocycles. The van der Waals surface area contributed by atoms with E-state index in [4.69, 9.17) is 16.6 Å². The van der Waals surface area contributed by atoms with Crippen molar-refractivity contribution >= 4 is 34.4 Å². The zero-order chi connectivity index (χ0) is 21.5. The smallest absolute Gasteiger partial charge is 0.251 e. The second kappa shape index (κ2) is 10.3. The van der Waals surface area contributed by atoms with E-state index in [0.717, 1.165) is 23.3 Å². The van der Waals surface area contributed by atoms with E-state index in [0.29, 0.717) is 36.0 Å². The highest BCUT2D eigenvalue weighted by molar-refractivity contribution is 6.30. The number of nitrogens with zero attached hydrogens (tertiary/aromatic N) is 2. The van der Waals surface area contributed by atoms with E-state index in [9.17, 15) is 9.59 Å². The minimum Gasteiger partial charge on any atom is -0.354 e. The minimum atomic E-state index is -0.131. The molecule has 3 aromatic rings. The Morgan fingerprint density at radius 3 is 2.53 bits per heavy atom. The number of rotatable bonds is 9. The Bertz CT molecular complexity index is 1010. The van der Waals surface area contributed by atoms with Crippen LogP contribution in [0, 0.1) is 5.92 Å². The summed E-state index contributed by atoms with van der Waals surface area (Å²) >= 11 is 5.86. The van der Waals surface area contributed by atoms with Crippen LogP contribution in [0.1, 0.15) is 36.5 Å². The number of benzene rings is 2. The summed E-state index contributed by atoms with van der Waals surface area (Å²) in [5.41, 5.74) is 2.39. The molecule has 6 nitrogen and oxygen atoms in total. The first kappa shape index (κ1) is 21.8. The van der Waals surface area contributed by atoms with Crippen molar-refractivity contribution in [2.24, 2.45) is 5.92 Å². The number of nitrogens with one attached hydrogen (secondary N) is 2. The minimum absolute atomic E-state index is 0.0239. The number of hydrogen-bond acceptors (Lipinski definition) is 3. The van der Waals surface area contributed by atoms with Crippen molar-refractivity contribution in [3.63, 3.8) is 0 Å². The number of imidazole rings is 1.